The highest BCUT2D eigenvalue weighted by molar-refractivity contribution is 5.89. The fraction of sp³-hybridized carbons (Fsp3) is 0.435. The van der Waals surface area contributed by atoms with Crippen LogP contribution in [0.2, 0.25) is 0 Å². The first kappa shape index (κ1) is 19.6. The Bertz CT molecular complexity index is 825. The maximum absolute atomic E-state index is 13.7. The second kappa shape index (κ2) is 8.72. The Morgan fingerprint density at radius 3 is 2.00 bits per heavy atom. The van der Waals surface area contributed by atoms with Gasteiger partial charge >= 0.3 is 6.03 Å². The summed E-state index contributed by atoms with van der Waals surface area (Å²) in [5.74, 6) is 0.417. The van der Waals surface area contributed by atoms with Crippen molar-refractivity contribution >= 4 is 23.1 Å². The Balaban J connectivity index is 1.30. The van der Waals surface area contributed by atoms with Crippen LogP contribution in [0.15, 0.2) is 48.5 Å². The van der Waals surface area contributed by atoms with E-state index >= 15 is 0 Å². The smallest absolute Gasteiger partial charge is 0.322 e. The zero-order chi connectivity index (χ0) is 20.2. The van der Waals surface area contributed by atoms with Crippen LogP contribution in [-0.4, -0.2) is 50.2 Å². The molecule has 2 aliphatic heterocycles. The number of piperidine rings is 1. The third kappa shape index (κ3) is 4.63. The minimum atomic E-state index is -0.414. The summed E-state index contributed by atoms with van der Waals surface area (Å²) in [5, 5.41) is 2.67. The number of carbonyl (C=O) groups excluding carboxylic acids is 1. The van der Waals surface area contributed by atoms with E-state index in [0.717, 1.165) is 32.1 Å². The van der Waals surface area contributed by atoms with E-state index < -0.39 is 5.82 Å². The average Bonchev–Trinajstić information content (AvgIpc) is 2.76. The van der Waals surface area contributed by atoms with Gasteiger partial charge in [-0.1, -0.05) is 19.1 Å². The zero-order valence-corrected chi connectivity index (χ0v) is 17.0. The molecule has 6 heteroatoms. The minimum Gasteiger partial charge on any atom is -0.372 e. The fourth-order valence-corrected chi connectivity index (χ4v) is 4.07. The number of urea groups is 1. The van der Waals surface area contributed by atoms with Crippen LogP contribution < -0.4 is 15.1 Å². The summed E-state index contributed by atoms with van der Waals surface area (Å²) in [6, 6.07) is 14.8. The first-order chi connectivity index (χ1) is 14.1. The van der Waals surface area contributed by atoms with Gasteiger partial charge < -0.3 is 20.0 Å². The standard InChI is InChI=1S/C23H29FN4O/c1-18-10-12-26(13-11-18)19-6-8-20(9-7-19)27-14-16-28(17-15-27)23(29)25-22-5-3-2-4-21(22)24/h2-9,18H,10-17H2,1H3,(H,25,29). The zero-order valence-electron chi connectivity index (χ0n) is 17.0. The summed E-state index contributed by atoms with van der Waals surface area (Å²) in [4.78, 5) is 18.9. The second-order valence-electron chi connectivity index (χ2n) is 8.07. The van der Waals surface area contributed by atoms with Crippen LogP contribution in [0, 0.1) is 11.7 Å². The number of rotatable bonds is 3. The highest BCUT2D eigenvalue weighted by Crippen LogP contribution is 2.26. The van der Waals surface area contributed by atoms with E-state index in [-0.39, 0.29) is 11.7 Å². The lowest BCUT2D eigenvalue weighted by Gasteiger charge is -2.36. The topological polar surface area (TPSA) is 38.8 Å². The van der Waals surface area contributed by atoms with Gasteiger partial charge in [-0.25, -0.2) is 9.18 Å². The van der Waals surface area contributed by atoms with Crippen molar-refractivity contribution in [1.29, 1.82) is 0 Å². The third-order valence-corrected chi connectivity index (χ3v) is 6.05. The predicted octanol–water partition coefficient (Wildman–Crippen LogP) is 4.42. The quantitative estimate of drug-likeness (QED) is 0.835. The van der Waals surface area contributed by atoms with Gasteiger partial charge in [0.25, 0.3) is 0 Å². The molecule has 2 heterocycles. The molecule has 2 aromatic carbocycles. The van der Waals surface area contributed by atoms with Crippen molar-refractivity contribution in [2.24, 2.45) is 5.92 Å². The Morgan fingerprint density at radius 2 is 1.41 bits per heavy atom. The number of amides is 2. The molecule has 0 saturated carbocycles. The van der Waals surface area contributed by atoms with Gasteiger partial charge in [0.1, 0.15) is 5.82 Å². The number of nitrogens with zero attached hydrogens (tertiary/aromatic N) is 3. The van der Waals surface area contributed by atoms with Crippen molar-refractivity contribution in [3.05, 3.63) is 54.3 Å². The molecule has 0 bridgehead atoms. The molecule has 2 aromatic rings. The van der Waals surface area contributed by atoms with Crippen LogP contribution >= 0.6 is 0 Å². The predicted molar refractivity (Wildman–Crippen MR) is 116 cm³/mol. The van der Waals surface area contributed by atoms with Crippen molar-refractivity contribution in [3.8, 4) is 0 Å². The maximum atomic E-state index is 13.7. The van der Waals surface area contributed by atoms with E-state index in [1.54, 1.807) is 23.1 Å². The highest BCUT2D eigenvalue weighted by Gasteiger charge is 2.22. The van der Waals surface area contributed by atoms with Gasteiger partial charge in [-0.15, -0.1) is 0 Å². The molecule has 29 heavy (non-hydrogen) atoms. The number of halogens is 1. The Kier molecular flexibility index (Phi) is 5.88. The van der Waals surface area contributed by atoms with Crippen LogP contribution in [0.1, 0.15) is 19.8 Å². The molecule has 154 valence electrons. The van der Waals surface area contributed by atoms with Crippen molar-refractivity contribution in [2.75, 3.05) is 54.4 Å². The van der Waals surface area contributed by atoms with Crippen LogP contribution in [0.5, 0.6) is 0 Å². The lowest BCUT2D eigenvalue weighted by Crippen LogP contribution is -2.50. The molecule has 0 aromatic heterocycles. The largest absolute Gasteiger partial charge is 0.372 e. The molecule has 4 rings (SSSR count). The third-order valence-electron chi connectivity index (χ3n) is 6.05. The number of hydrogen-bond donors (Lipinski definition) is 1. The lowest BCUT2D eigenvalue weighted by atomic mass is 9.99. The molecular weight excluding hydrogens is 367 g/mol. The first-order valence-electron chi connectivity index (χ1n) is 10.5. The molecule has 2 saturated heterocycles. The Hall–Kier alpha value is -2.76. The number of para-hydroxylation sites is 1. The Morgan fingerprint density at radius 1 is 0.862 bits per heavy atom. The van der Waals surface area contributed by atoms with Crippen LogP contribution in [0.25, 0.3) is 0 Å². The first-order valence-corrected chi connectivity index (χ1v) is 10.5. The minimum absolute atomic E-state index is 0.225. The van der Waals surface area contributed by atoms with Gasteiger partial charge in [-0.2, -0.15) is 0 Å². The number of benzene rings is 2. The summed E-state index contributed by atoms with van der Waals surface area (Å²) >= 11 is 0. The molecule has 0 aliphatic carbocycles. The van der Waals surface area contributed by atoms with E-state index in [2.05, 4.69) is 46.3 Å². The molecule has 0 spiro atoms. The molecule has 2 aliphatic rings. The van der Waals surface area contributed by atoms with Crippen LogP contribution in [0.4, 0.5) is 26.2 Å². The molecule has 1 N–H and O–H groups in total. The fourth-order valence-electron chi connectivity index (χ4n) is 4.07. The number of hydrogen-bond acceptors (Lipinski definition) is 3. The van der Waals surface area contributed by atoms with Gasteiger partial charge in [0.2, 0.25) is 0 Å². The van der Waals surface area contributed by atoms with Crippen molar-refractivity contribution in [2.45, 2.75) is 19.8 Å². The van der Waals surface area contributed by atoms with E-state index in [9.17, 15) is 9.18 Å². The van der Waals surface area contributed by atoms with Gasteiger partial charge in [0, 0.05) is 50.6 Å². The van der Waals surface area contributed by atoms with Crippen molar-refractivity contribution < 1.29 is 9.18 Å². The molecule has 0 unspecified atom stereocenters. The lowest BCUT2D eigenvalue weighted by molar-refractivity contribution is 0.208. The number of carbonyl (C=O) groups is 1. The summed E-state index contributed by atoms with van der Waals surface area (Å²) in [6.07, 6.45) is 2.53. The van der Waals surface area contributed by atoms with Gasteiger partial charge in [0.15, 0.2) is 0 Å². The van der Waals surface area contributed by atoms with Gasteiger partial charge in [0.05, 0.1) is 5.69 Å². The summed E-state index contributed by atoms with van der Waals surface area (Å²) < 4.78 is 13.7. The number of nitrogens with one attached hydrogen (secondary N) is 1. The molecule has 2 amide bonds. The van der Waals surface area contributed by atoms with E-state index in [4.69, 9.17) is 0 Å². The number of piperazine rings is 1. The Labute approximate surface area is 172 Å². The molecule has 2 fully saturated rings. The maximum Gasteiger partial charge on any atom is 0.322 e. The van der Waals surface area contributed by atoms with Crippen LogP contribution in [0.3, 0.4) is 0 Å². The van der Waals surface area contributed by atoms with Gasteiger partial charge in [-0.3, -0.25) is 0 Å². The highest BCUT2D eigenvalue weighted by atomic mass is 19.1. The molecular formula is C23H29FN4O. The molecule has 0 atom stereocenters. The molecule has 5 nitrogen and oxygen atoms in total. The van der Waals surface area contributed by atoms with E-state index in [1.165, 1.54) is 30.3 Å². The molecule has 0 radical (unpaired) electrons. The SMILES string of the molecule is CC1CCN(c2ccc(N3CCN(C(=O)Nc4ccccc4F)CC3)cc2)CC1. The summed E-state index contributed by atoms with van der Waals surface area (Å²) in [5.41, 5.74) is 2.71. The summed E-state index contributed by atoms with van der Waals surface area (Å²) in [6.45, 7) is 7.37. The van der Waals surface area contributed by atoms with E-state index in [0.29, 0.717) is 13.1 Å². The monoisotopic (exact) mass is 396 g/mol. The normalized spacial score (nSPS) is 18.1. The number of anilines is 3. The average molecular weight is 397 g/mol. The van der Waals surface area contributed by atoms with E-state index in [1.807, 2.05) is 0 Å². The van der Waals surface area contributed by atoms with Crippen molar-refractivity contribution in [1.82, 2.24) is 4.90 Å². The van der Waals surface area contributed by atoms with Crippen LogP contribution in [-0.2, 0) is 0 Å². The van der Waals surface area contributed by atoms with Crippen molar-refractivity contribution in [3.63, 3.8) is 0 Å². The summed E-state index contributed by atoms with van der Waals surface area (Å²) in [7, 11) is 0. The van der Waals surface area contributed by atoms with Gasteiger partial charge in [-0.05, 0) is 55.2 Å². The second-order valence-corrected chi connectivity index (χ2v) is 8.07.